The van der Waals surface area contributed by atoms with E-state index in [1.54, 1.807) is 41.5 Å². The van der Waals surface area contributed by atoms with Gasteiger partial charge in [-0.05, 0) is 88.0 Å². The molecule has 0 aliphatic carbocycles. The zero-order valence-corrected chi connectivity index (χ0v) is 57.8. The first-order valence-corrected chi connectivity index (χ1v) is 35.0. The Hall–Kier alpha value is -7.08. The van der Waals surface area contributed by atoms with E-state index in [1.165, 1.54) is 16.7 Å². The van der Waals surface area contributed by atoms with Crippen LogP contribution in [0.25, 0.3) is 0 Å². The Labute approximate surface area is 562 Å². The van der Waals surface area contributed by atoms with Crippen LogP contribution >= 0.6 is 21.6 Å². The van der Waals surface area contributed by atoms with Gasteiger partial charge in [-0.25, -0.2) is 0 Å². The van der Waals surface area contributed by atoms with Crippen molar-refractivity contribution in [1.82, 2.24) is 68.3 Å². The molecule has 4 fully saturated rings. The van der Waals surface area contributed by atoms with E-state index in [1.807, 2.05) is 20.8 Å². The first-order chi connectivity index (χ1) is 44.8. The normalized spacial score (nSPS) is 30.2. The highest BCUT2D eigenvalue weighted by molar-refractivity contribution is 8.77. The van der Waals surface area contributed by atoms with Gasteiger partial charge in [0.25, 0.3) is 5.91 Å². The summed E-state index contributed by atoms with van der Waals surface area (Å²) in [6.45, 7) is 14.4. The minimum Gasteiger partial charge on any atom is -0.394 e. The number of aliphatic hydroxyl groups is 2. The highest BCUT2D eigenvalue weighted by atomic mass is 33.1. The number of aliphatic hydroxyl groups excluding tert-OH is 2. The number of amides is 13. The molecule has 0 saturated carbocycles. The van der Waals surface area contributed by atoms with Crippen LogP contribution in [0.4, 0.5) is 0 Å². The van der Waals surface area contributed by atoms with Gasteiger partial charge in [-0.2, -0.15) is 0 Å². The van der Waals surface area contributed by atoms with E-state index in [2.05, 4.69) is 63.5 Å². The lowest BCUT2D eigenvalue weighted by Gasteiger charge is -2.35. The smallest absolute Gasteiger partial charge is 0.254 e. The van der Waals surface area contributed by atoms with Gasteiger partial charge in [0.2, 0.25) is 70.9 Å². The fourth-order valence-electron chi connectivity index (χ4n) is 11.3. The van der Waals surface area contributed by atoms with E-state index in [9.17, 15) is 63.0 Å². The Kier molecular flexibility index (Phi) is 32.2. The maximum atomic E-state index is 15.1. The summed E-state index contributed by atoms with van der Waals surface area (Å²) in [5.41, 5.74) is 22.4. The summed E-state index contributed by atoms with van der Waals surface area (Å²) in [7, 11) is 1.37. The number of nitrogens with two attached hydrogens (primary N) is 4. The highest BCUT2D eigenvalue weighted by Crippen LogP contribution is 2.34. The summed E-state index contributed by atoms with van der Waals surface area (Å²) in [5.74, 6) is -14.2. The van der Waals surface area contributed by atoms with Gasteiger partial charge in [-0.3, -0.25) is 67.3 Å². The number of guanidine groups is 1. The van der Waals surface area contributed by atoms with Crippen LogP contribution in [0.15, 0.2) is 4.99 Å². The second kappa shape index (κ2) is 38.0. The van der Waals surface area contributed by atoms with Crippen LogP contribution in [0.5, 0.6) is 0 Å². The first kappa shape index (κ1) is 80.4. The number of fused-ring (bicyclic) bond motifs is 6. The predicted molar refractivity (Wildman–Crippen MR) is 355 cm³/mol. The molecule has 0 aromatic rings. The molecule has 13 amide bonds. The summed E-state index contributed by atoms with van der Waals surface area (Å²) in [4.78, 5) is 197. The number of nitrogens with zero attached hydrogens (tertiary/aromatic N) is 3. The predicted octanol–water partition coefficient (Wildman–Crippen LogP) is -5.02. The Balaban J connectivity index is 2.00. The Bertz CT molecular complexity index is 2760. The number of nitrogens with one attached hydrogen (secondary N) is 11. The molecule has 95 heavy (non-hydrogen) atoms. The Morgan fingerprint density at radius 3 is 1.44 bits per heavy atom. The molecule has 0 aromatic heterocycles. The molecule has 2 bridgehead atoms. The number of hydrogen-bond donors (Lipinski definition) is 17. The third-order valence-corrected chi connectivity index (χ3v) is 20.5. The summed E-state index contributed by atoms with van der Waals surface area (Å²) in [6, 6.07) is -17.7. The topological polar surface area (TPSA) is 518 Å². The second-order valence-electron chi connectivity index (χ2n) is 26.0. The van der Waals surface area contributed by atoms with Crippen LogP contribution in [0.3, 0.4) is 0 Å². The molecule has 17 atom stereocenters. The van der Waals surface area contributed by atoms with Gasteiger partial charge in [0.1, 0.15) is 72.5 Å². The van der Waals surface area contributed by atoms with Crippen molar-refractivity contribution in [3.63, 3.8) is 0 Å². The Morgan fingerprint density at radius 2 is 0.937 bits per heavy atom. The number of aliphatic imine (C=N–C) groups is 1. The third-order valence-electron chi connectivity index (χ3n) is 17.5. The summed E-state index contributed by atoms with van der Waals surface area (Å²) in [5, 5.41) is 47.2. The molecule has 35 heteroatoms. The molecule has 21 N–H and O–H groups in total. The molecular weight excluding hydrogens is 1280 g/mol. The number of carbonyl (C=O) groups excluding carboxylic acids is 13. The van der Waals surface area contributed by atoms with E-state index >= 15 is 9.59 Å². The van der Waals surface area contributed by atoms with Crippen LogP contribution in [0.1, 0.15) is 140 Å². The van der Waals surface area contributed by atoms with Gasteiger partial charge in [-0.1, -0.05) is 103 Å². The van der Waals surface area contributed by atoms with Gasteiger partial charge in [-0.15, -0.1) is 0 Å². The fourth-order valence-corrected chi connectivity index (χ4v) is 13.8. The molecule has 0 radical (unpaired) electrons. The third kappa shape index (κ3) is 23.0. The molecule has 4 saturated heterocycles. The lowest BCUT2D eigenvalue weighted by Crippen LogP contribution is -2.63. The molecule has 0 spiro atoms. The lowest BCUT2D eigenvalue weighted by atomic mass is 9.87. The summed E-state index contributed by atoms with van der Waals surface area (Å²) in [6.07, 6.45) is 1.49. The van der Waals surface area contributed by atoms with Crippen molar-refractivity contribution in [2.24, 2.45) is 51.1 Å². The maximum Gasteiger partial charge on any atom is 0.254 e. The second-order valence-corrected chi connectivity index (χ2v) is 28.8. The largest absolute Gasteiger partial charge is 0.394 e. The van der Waals surface area contributed by atoms with E-state index < -0.39 is 203 Å². The molecule has 536 valence electrons. The van der Waals surface area contributed by atoms with Crippen LogP contribution in [0, 0.1) is 23.2 Å². The van der Waals surface area contributed by atoms with Crippen LogP contribution < -0.4 is 81.4 Å². The van der Waals surface area contributed by atoms with Crippen LogP contribution in [-0.4, -0.2) is 232 Å². The molecule has 4 aliphatic rings. The molecule has 4 heterocycles. The average molecular weight is 1380 g/mol. The SMILES string of the molecule is CC[C@H](C)[C@@H]1NC(=O)[C@H](CCN)NC(=O)[C@H](CN)NC(=O)[C@H]([C@@H](C)CC)NC(=O)[C@H]2NC(=O)[C@H]([C@@H](C)CC)NC(=O)[C@@H]3CCCN3C(=O)[C@@H]3CCCN3C(=O)[C@H](CC(C)(C)C)NC(=O)[C@H](CO)NC(=O)[C@H](CCCN=C(N)N)NC(=O)[C@H](CO)NC(=O)[C@@H](NC1=O)SSC2C. The Morgan fingerprint density at radius 1 is 0.516 bits per heavy atom. The zero-order chi connectivity index (χ0) is 71.2. The lowest BCUT2D eigenvalue weighted by molar-refractivity contribution is -0.148. The van der Waals surface area contributed by atoms with Crippen molar-refractivity contribution >= 4 is 104 Å². The monoisotopic (exact) mass is 1380 g/mol. The van der Waals surface area contributed by atoms with Crippen molar-refractivity contribution in [3.05, 3.63) is 0 Å². The standard InChI is InChI=1S/C60H104N18O15S2/c1-11-29(4)41-51(87)69-36(26-62)47(83)67-34(20-21-61)46(82)72-43(31(6)13-3)53(89)76-56-55(91)71-38(28-80)48(84)66-33(17-14-22-65-59(63)64)45(81)70-37(27-79)49(85)68-35(25-60(8,9)10)57(92)78-24-16-19-40(78)58(93)77-23-15-18-39(77)50(86)73-42(30(5)12-2)52(88)75-44(54(90)74-41)32(7)94-95-56/h29-44,56,79-80H,11-28,61-62H2,1-10H3,(H,66,84)(H,67,83)(H,68,85)(H,69,87)(H,70,81)(H,71,91)(H,72,82)(H,73,86)(H,74,90)(H,75,88)(H,76,89)(H4,63,64,65)/t29-,30-,31-,32?,33-,34-,35-,36-,37-,38-,39-,40-,41-,42-,43-,44-,56-/m0/s1. The van der Waals surface area contributed by atoms with Gasteiger partial charge >= 0.3 is 0 Å². The first-order valence-electron chi connectivity index (χ1n) is 32.7. The molecule has 1 unspecified atom stereocenters. The van der Waals surface area contributed by atoms with Gasteiger partial charge in [0.15, 0.2) is 11.3 Å². The zero-order valence-electron chi connectivity index (χ0n) is 56.2. The molecule has 33 nitrogen and oxygen atoms in total. The van der Waals surface area contributed by atoms with E-state index in [0.717, 1.165) is 10.8 Å². The maximum absolute atomic E-state index is 15.1. The highest BCUT2D eigenvalue weighted by Gasteiger charge is 2.47. The van der Waals surface area contributed by atoms with E-state index in [-0.39, 0.29) is 83.5 Å². The molecule has 4 aliphatic heterocycles. The number of carbonyl (C=O) groups is 13. The van der Waals surface area contributed by atoms with Gasteiger partial charge in [0, 0.05) is 31.4 Å². The fraction of sp³-hybridized carbons (Fsp3) is 0.767. The number of hydrogen-bond acceptors (Lipinski definition) is 20. The van der Waals surface area contributed by atoms with Gasteiger partial charge in [0.05, 0.1) is 13.2 Å². The summed E-state index contributed by atoms with van der Waals surface area (Å²) < 4.78 is 0. The van der Waals surface area contributed by atoms with Crippen molar-refractivity contribution in [1.29, 1.82) is 0 Å². The van der Waals surface area contributed by atoms with Gasteiger partial charge < -0.3 is 101 Å². The van der Waals surface area contributed by atoms with Crippen molar-refractivity contribution in [2.75, 3.05) is 45.9 Å². The van der Waals surface area contributed by atoms with E-state index in [0.29, 0.717) is 30.1 Å². The van der Waals surface area contributed by atoms with Crippen LogP contribution in [0.2, 0.25) is 0 Å². The molecule has 4 rings (SSSR count). The number of rotatable bonds is 16. The summed E-state index contributed by atoms with van der Waals surface area (Å²) >= 11 is 0. The quantitative estimate of drug-likeness (QED) is 0.0298. The van der Waals surface area contributed by atoms with Crippen LogP contribution in [-0.2, 0) is 62.3 Å². The van der Waals surface area contributed by atoms with E-state index in [4.69, 9.17) is 22.9 Å². The van der Waals surface area contributed by atoms with Crippen molar-refractivity contribution in [3.8, 4) is 0 Å². The van der Waals surface area contributed by atoms with Crippen molar-refractivity contribution in [2.45, 2.75) is 223 Å². The minimum absolute atomic E-state index is 0.00316. The average Bonchev–Trinajstić information content (AvgIpc) is 1.70. The van der Waals surface area contributed by atoms with Crippen molar-refractivity contribution < 1.29 is 72.5 Å². The molecule has 0 aromatic carbocycles. The minimum atomic E-state index is -1.92. The molecular formula is C60H104N18O15S2.